The Morgan fingerprint density at radius 2 is 2.26 bits per heavy atom. The summed E-state index contributed by atoms with van der Waals surface area (Å²) in [6.07, 6.45) is 3.41. The number of hydrogen-bond acceptors (Lipinski definition) is 2. The Labute approximate surface area is 124 Å². The second-order valence-corrected chi connectivity index (χ2v) is 5.45. The molecule has 0 aliphatic rings. The molecule has 0 bridgehead atoms. The lowest BCUT2D eigenvalue weighted by Gasteiger charge is -2.13. The van der Waals surface area contributed by atoms with E-state index in [1.807, 2.05) is 18.2 Å². The highest BCUT2D eigenvalue weighted by molar-refractivity contribution is 9.10. The molecule has 0 saturated heterocycles. The van der Waals surface area contributed by atoms with Crippen LogP contribution in [0.3, 0.4) is 0 Å². The Kier molecular flexibility index (Phi) is 4.61. The number of halogens is 2. The molecule has 100 valence electrons. The van der Waals surface area contributed by atoms with Gasteiger partial charge in [-0.15, -0.1) is 0 Å². The summed E-state index contributed by atoms with van der Waals surface area (Å²) >= 11 is 9.33. The van der Waals surface area contributed by atoms with Crippen LogP contribution in [0.1, 0.15) is 18.5 Å². The number of aromatic nitrogens is 2. The van der Waals surface area contributed by atoms with Crippen LogP contribution in [0.5, 0.6) is 0 Å². The summed E-state index contributed by atoms with van der Waals surface area (Å²) in [5.41, 5.74) is 0.895. The van der Waals surface area contributed by atoms with Crippen LogP contribution in [0.15, 0.2) is 41.1 Å². The van der Waals surface area contributed by atoms with Crippen LogP contribution in [-0.2, 0) is 11.3 Å². The average Bonchev–Trinajstić information content (AvgIpc) is 2.83. The van der Waals surface area contributed by atoms with Crippen LogP contribution >= 0.6 is 27.5 Å². The lowest BCUT2D eigenvalue weighted by atomic mass is 10.2. The molecule has 6 heteroatoms. The normalized spacial score (nSPS) is 12.2. The molecule has 0 saturated carbocycles. The standard InChI is InChI=1S/C13H13BrClN3O/c1-9(18-8-11(14)7-17-18)13(19)16-6-10-4-2-3-5-12(10)15/h2-5,7-9H,6H2,1H3,(H,16,19). The van der Waals surface area contributed by atoms with Crippen molar-refractivity contribution in [3.8, 4) is 0 Å². The first-order valence-electron chi connectivity index (χ1n) is 5.78. The minimum atomic E-state index is -0.367. The van der Waals surface area contributed by atoms with Gasteiger partial charge in [-0.05, 0) is 34.5 Å². The summed E-state index contributed by atoms with van der Waals surface area (Å²) in [7, 11) is 0. The SMILES string of the molecule is CC(C(=O)NCc1ccccc1Cl)n1cc(Br)cn1. The van der Waals surface area contributed by atoms with Crippen LogP contribution in [0.2, 0.25) is 5.02 Å². The Hall–Kier alpha value is -1.33. The van der Waals surface area contributed by atoms with Crippen molar-refractivity contribution in [2.75, 3.05) is 0 Å². The van der Waals surface area contributed by atoms with Gasteiger partial charge in [0, 0.05) is 17.8 Å². The van der Waals surface area contributed by atoms with Crippen LogP contribution in [0, 0.1) is 0 Å². The monoisotopic (exact) mass is 341 g/mol. The summed E-state index contributed by atoms with van der Waals surface area (Å²) in [5.74, 6) is -0.101. The van der Waals surface area contributed by atoms with Crippen molar-refractivity contribution in [1.29, 1.82) is 0 Å². The van der Waals surface area contributed by atoms with Crippen molar-refractivity contribution >= 4 is 33.4 Å². The lowest BCUT2D eigenvalue weighted by Crippen LogP contribution is -2.30. The maximum atomic E-state index is 12.0. The van der Waals surface area contributed by atoms with E-state index in [1.165, 1.54) is 0 Å². The molecule has 1 aromatic heterocycles. The Bertz CT molecular complexity index is 585. The third kappa shape index (κ3) is 3.58. The number of nitrogens with zero attached hydrogens (tertiary/aromatic N) is 2. The molecule has 0 aliphatic carbocycles. The van der Waals surface area contributed by atoms with E-state index in [4.69, 9.17) is 11.6 Å². The molecule has 1 aromatic carbocycles. The van der Waals surface area contributed by atoms with E-state index in [0.29, 0.717) is 11.6 Å². The number of carbonyl (C=O) groups is 1. The molecule has 2 rings (SSSR count). The zero-order valence-corrected chi connectivity index (χ0v) is 12.6. The fourth-order valence-electron chi connectivity index (χ4n) is 1.62. The summed E-state index contributed by atoms with van der Waals surface area (Å²) in [4.78, 5) is 12.0. The number of carbonyl (C=O) groups excluding carboxylic acids is 1. The topological polar surface area (TPSA) is 46.9 Å². The van der Waals surface area contributed by atoms with Crippen molar-refractivity contribution in [2.45, 2.75) is 19.5 Å². The minimum Gasteiger partial charge on any atom is -0.350 e. The van der Waals surface area contributed by atoms with Gasteiger partial charge in [0.15, 0.2) is 0 Å². The fraction of sp³-hybridized carbons (Fsp3) is 0.231. The molecule has 19 heavy (non-hydrogen) atoms. The third-order valence-electron chi connectivity index (χ3n) is 2.76. The molecule has 0 spiro atoms. The summed E-state index contributed by atoms with van der Waals surface area (Å²) in [6.45, 7) is 2.20. The maximum Gasteiger partial charge on any atom is 0.244 e. The number of amides is 1. The van der Waals surface area contributed by atoms with E-state index in [2.05, 4.69) is 26.3 Å². The summed E-state index contributed by atoms with van der Waals surface area (Å²) < 4.78 is 2.45. The Balaban J connectivity index is 1.96. The molecule has 1 N–H and O–H groups in total. The molecule has 0 radical (unpaired) electrons. The van der Waals surface area contributed by atoms with Crippen molar-refractivity contribution < 1.29 is 4.79 Å². The van der Waals surface area contributed by atoms with Gasteiger partial charge in [-0.25, -0.2) is 0 Å². The van der Waals surface area contributed by atoms with Gasteiger partial charge in [0.2, 0.25) is 5.91 Å². The molecule has 1 amide bonds. The van der Waals surface area contributed by atoms with Crippen molar-refractivity contribution in [3.05, 3.63) is 51.7 Å². The molecular formula is C13H13BrClN3O. The predicted molar refractivity (Wildman–Crippen MR) is 77.9 cm³/mol. The highest BCUT2D eigenvalue weighted by Crippen LogP contribution is 2.15. The van der Waals surface area contributed by atoms with Crippen LogP contribution in [0.4, 0.5) is 0 Å². The summed E-state index contributed by atoms with van der Waals surface area (Å²) in [5, 5.41) is 7.59. The van der Waals surface area contributed by atoms with E-state index >= 15 is 0 Å². The van der Waals surface area contributed by atoms with Crippen LogP contribution in [0.25, 0.3) is 0 Å². The van der Waals surface area contributed by atoms with E-state index in [9.17, 15) is 4.79 Å². The Morgan fingerprint density at radius 3 is 2.89 bits per heavy atom. The molecule has 2 aromatic rings. The van der Waals surface area contributed by atoms with Crippen molar-refractivity contribution in [1.82, 2.24) is 15.1 Å². The quantitative estimate of drug-likeness (QED) is 0.927. The largest absolute Gasteiger partial charge is 0.350 e. The smallest absolute Gasteiger partial charge is 0.244 e. The molecule has 1 atom stereocenters. The van der Waals surface area contributed by atoms with Gasteiger partial charge in [0.1, 0.15) is 6.04 Å². The zero-order valence-electron chi connectivity index (χ0n) is 10.3. The maximum absolute atomic E-state index is 12.0. The van der Waals surface area contributed by atoms with Gasteiger partial charge < -0.3 is 5.32 Å². The first kappa shape index (κ1) is 14.1. The second kappa shape index (κ2) is 6.21. The summed E-state index contributed by atoms with van der Waals surface area (Å²) in [6, 6.07) is 7.07. The van der Waals surface area contributed by atoms with Crippen molar-refractivity contribution in [3.63, 3.8) is 0 Å². The average molecular weight is 343 g/mol. The molecular weight excluding hydrogens is 330 g/mol. The number of rotatable bonds is 4. The Morgan fingerprint density at radius 1 is 1.53 bits per heavy atom. The second-order valence-electron chi connectivity index (χ2n) is 4.12. The number of benzene rings is 1. The first-order chi connectivity index (χ1) is 9.08. The van der Waals surface area contributed by atoms with Crippen LogP contribution in [-0.4, -0.2) is 15.7 Å². The molecule has 1 heterocycles. The first-order valence-corrected chi connectivity index (χ1v) is 6.96. The highest BCUT2D eigenvalue weighted by atomic mass is 79.9. The molecule has 0 aliphatic heterocycles. The van der Waals surface area contributed by atoms with E-state index in [0.717, 1.165) is 10.0 Å². The predicted octanol–water partition coefficient (Wildman–Crippen LogP) is 3.18. The van der Waals surface area contributed by atoms with Crippen LogP contribution < -0.4 is 5.32 Å². The fourth-order valence-corrected chi connectivity index (χ4v) is 2.12. The lowest BCUT2D eigenvalue weighted by molar-refractivity contribution is -0.124. The number of nitrogens with one attached hydrogen (secondary N) is 1. The highest BCUT2D eigenvalue weighted by Gasteiger charge is 2.15. The molecule has 0 fully saturated rings. The zero-order chi connectivity index (χ0) is 13.8. The van der Waals surface area contributed by atoms with Gasteiger partial charge in [-0.1, -0.05) is 29.8 Å². The van der Waals surface area contributed by atoms with Crippen molar-refractivity contribution in [2.24, 2.45) is 0 Å². The molecule has 4 nitrogen and oxygen atoms in total. The van der Waals surface area contributed by atoms with Gasteiger partial charge in [0.05, 0.1) is 10.7 Å². The van der Waals surface area contributed by atoms with Gasteiger partial charge in [-0.2, -0.15) is 5.10 Å². The van der Waals surface area contributed by atoms with Gasteiger partial charge in [0.25, 0.3) is 0 Å². The molecule has 1 unspecified atom stereocenters. The third-order valence-corrected chi connectivity index (χ3v) is 3.54. The van der Waals surface area contributed by atoms with E-state index in [-0.39, 0.29) is 11.9 Å². The van der Waals surface area contributed by atoms with Gasteiger partial charge >= 0.3 is 0 Å². The number of hydrogen-bond donors (Lipinski definition) is 1. The minimum absolute atomic E-state index is 0.101. The van der Waals surface area contributed by atoms with E-state index < -0.39 is 0 Å². The van der Waals surface area contributed by atoms with Gasteiger partial charge in [-0.3, -0.25) is 9.48 Å². The van der Waals surface area contributed by atoms with E-state index in [1.54, 1.807) is 30.1 Å².